The lowest BCUT2D eigenvalue weighted by atomic mass is 9.79. The van der Waals surface area contributed by atoms with Gasteiger partial charge in [-0.3, -0.25) is 0 Å². The molecular formula is C10H22N2S. The summed E-state index contributed by atoms with van der Waals surface area (Å²) in [6.07, 6.45) is 1.22. The largest absolute Gasteiger partial charge is 0.329 e. The molecule has 2 nitrogen and oxygen atoms in total. The Morgan fingerprint density at radius 1 is 1.31 bits per heavy atom. The van der Waals surface area contributed by atoms with Gasteiger partial charge in [-0.25, -0.2) is 0 Å². The lowest BCUT2D eigenvalue weighted by Gasteiger charge is -2.48. The molecule has 1 heterocycles. The van der Waals surface area contributed by atoms with Crippen molar-refractivity contribution in [1.29, 1.82) is 0 Å². The molecular weight excluding hydrogens is 180 g/mol. The first-order valence-corrected chi connectivity index (χ1v) is 6.03. The molecule has 1 fully saturated rings. The minimum absolute atomic E-state index is 0.229. The summed E-state index contributed by atoms with van der Waals surface area (Å²) in [7, 11) is 4.30. The Labute approximate surface area is 86.2 Å². The average molecular weight is 202 g/mol. The lowest BCUT2D eigenvalue weighted by Crippen LogP contribution is -2.57. The maximum atomic E-state index is 5.91. The number of nitrogens with two attached hydrogens (primary N) is 1. The van der Waals surface area contributed by atoms with Gasteiger partial charge in [0.2, 0.25) is 0 Å². The highest BCUT2D eigenvalue weighted by Gasteiger charge is 2.40. The van der Waals surface area contributed by atoms with Crippen molar-refractivity contribution in [2.24, 2.45) is 11.1 Å². The van der Waals surface area contributed by atoms with Gasteiger partial charge in [-0.2, -0.15) is 11.8 Å². The highest BCUT2D eigenvalue weighted by atomic mass is 32.2. The van der Waals surface area contributed by atoms with Gasteiger partial charge in [0, 0.05) is 17.8 Å². The molecule has 1 aliphatic rings. The van der Waals surface area contributed by atoms with Crippen molar-refractivity contribution in [1.82, 2.24) is 4.90 Å². The first-order chi connectivity index (χ1) is 5.92. The summed E-state index contributed by atoms with van der Waals surface area (Å²) in [6, 6.07) is 0. The van der Waals surface area contributed by atoms with E-state index in [-0.39, 0.29) is 5.54 Å². The zero-order valence-electron chi connectivity index (χ0n) is 9.26. The molecule has 78 valence electrons. The van der Waals surface area contributed by atoms with Crippen LogP contribution in [0, 0.1) is 5.41 Å². The Hall–Kier alpha value is 0.270. The van der Waals surface area contributed by atoms with E-state index in [1.54, 1.807) is 0 Å². The third kappa shape index (κ3) is 2.39. The first kappa shape index (κ1) is 11.3. The van der Waals surface area contributed by atoms with Crippen LogP contribution in [0.1, 0.15) is 20.3 Å². The molecule has 13 heavy (non-hydrogen) atoms. The van der Waals surface area contributed by atoms with E-state index in [2.05, 4.69) is 32.8 Å². The van der Waals surface area contributed by atoms with E-state index in [1.165, 1.54) is 17.9 Å². The normalized spacial score (nSPS) is 33.7. The lowest BCUT2D eigenvalue weighted by molar-refractivity contribution is 0.118. The number of rotatable bonds is 2. The summed E-state index contributed by atoms with van der Waals surface area (Å²) in [5, 5.41) is 0. The predicted octanol–water partition coefficient (Wildman–Crippen LogP) is 1.41. The van der Waals surface area contributed by atoms with Crippen molar-refractivity contribution < 1.29 is 0 Å². The van der Waals surface area contributed by atoms with Crippen LogP contribution in [0.4, 0.5) is 0 Å². The van der Waals surface area contributed by atoms with E-state index in [4.69, 9.17) is 5.73 Å². The predicted molar refractivity (Wildman–Crippen MR) is 61.2 cm³/mol. The van der Waals surface area contributed by atoms with Gasteiger partial charge in [-0.05, 0) is 31.7 Å². The van der Waals surface area contributed by atoms with Gasteiger partial charge in [0.25, 0.3) is 0 Å². The second kappa shape index (κ2) is 3.79. The molecule has 0 aromatic heterocycles. The molecule has 0 aromatic carbocycles. The van der Waals surface area contributed by atoms with Gasteiger partial charge in [-0.1, -0.05) is 13.8 Å². The Kier molecular flexibility index (Phi) is 3.31. The van der Waals surface area contributed by atoms with Crippen LogP contribution >= 0.6 is 11.8 Å². The van der Waals surface area contributed by atoms with Crippen LogP contribution in [0.15, 0.2) is 0 Å². The van der Waals surface area contributed by atoms with E-state index in [9.17, 15) is 0 Å². The maximum absolute atomic E-state index is 5.91. The van der Waals surface area contributed by atoms with E-state index >= 15 is 0 Å². The maximum Gasteiger partial charge on any atom is 0.0421 e. The molecule has 0 spiro atoms. The van der Waals surface area contributed by atoms with Crippen molar-refractivity contribution in [2.75, 3.05) is 32.1 Å². The van der Waals surface area contributed by atoms with Crippen LogP contribution < -0.4 is 5.73 Å². The van der Waals surface area contributed by atoms with Crippen molar-refractivity contribution in [3.8, 4) is 0 Å². The fraction of sp³-hybridized carbons (Fsp3) is 1.00. The highest BCUT2D eigenvalue weighted by Crippen LogP contribution is 2.40. The summed E-state index contributed by atoms with van der Waals surface area (Å²) >= 11 is 2.04. The smallest absolute Gasteiger partial charge is 0.0421 e. The average Bonchev–Trinajstić information content (AvgIpc) is 2.02. The van der Waals surface area contributed by atoms with Gasteiger partial charge in [0.05, 0.1) is 0 Å². The molecule has 1 rings (SSSR count). The van der Waals surface area contributed by atoms with E-state index < -0.39 is 0 Å². The van der Waals surface area contributed by atoms with Crippen molar-refractivity contribution in [2.45, 2.75) is 25.8 Å². The monoisotopic (exact) mass is 202 g/mol. The number of hydrogen-bond acceptors (Lipinski definition) is 3. The Morgan fingerprint density at radius 2 is 1.92 bits per heavy atom. The summed E-state index contributed by atoms with van der Waals surface area (Å²) in [5.41, 5.74) is 6.57. The first-order valence-electron chi connectivity index (χ1n) is 4.87. The van der Waals surface area contributed by atoms with E-state index in [0.29, 0.717) is 5.41 Å². The van der Waals surface area contributed by atoms with Crippen LogP contribution in [0.2, 0.25) is 0 Å². The third-order valence-electron chi connectivity index (χ3n) is 3.00. The van der Waals surface area contributed by atoms with Crippen LogP contribution in [-0.2, 0) is 0 Å². The zero-order valence-corrected chi connectivity index (χ0v) is 10.1. The summed E-state index contributed by atoms with van der Waals surface area (Å²) in [5.74, 6) is 2.45. The van der Waals surface area contributed by atoms with Crippen LogP contribution in [0.25, 0.3) is 0 Å². The molecule has 1 saturated heterocycles. The van der Waals surface area contributed by atoms with Crippen molar-refractivity contribution >= 4 is 11.8 Å². The minimum atomic E-state index is 0.229. The van der Waals surface area contributed by atoms with Crippen LogP contribution in [0.3, 0.4) is 0 Å². The number of nitrogens with zero attached hydrogens (tertiary/aromatic N) is 1. The van der Waals surface area contributed by atoms with Crippen LogP contribution in [-0.4, -0.2) is 42.6 Å². The molecule has 0 radical (unpaired) electrons. The third-order valence-corrected chi connectivity index (χ3v) is 4.73. The topological polar surface area (TPSA) is 29.3 Å². The van der Waals surface area contributed by atoms with E-state index in [1.807, 2.05) is 11.8 Å². The molecule has 0 amide bonds. The van der Waals surface area contributed by atoms with Crippen molar-refractivity contribution in [3.05, 3.63) is 0 Å². The summed E-state index contributed by atoms with van der Waals surface area (Å²) in [4.78, 5) is 2.31. The summed E-state index contributed by atoms with van der Waals surface area (Å²) in [6.45, 7) is 5.45. The molecule has 1 atom stereocenters. The van der Waals surface area contributed by atoms with Crippen LogP contribution in [0.5, 0.6) is 0 Å². The molecule has 0 bridgehead atoms. The number of likely N-dealkylation sites (N-methyl/N-ethyl adjacent to an activating group) is 1. The Bertz CT molecular complexity index is 180. The SMILES string of the molecule is CN(C)C1(CN)CSCC(C)(C)C1. The Morgan fingerprint density at radius 3 is 2.23 bits per heavy atom. The van der Waals surface area contributed by atoms with Gasteiger partial charge < -0.3 is 10.6 Å². The standard InChI is InChI=1S/C10H22N2S/c1-9(2)5-10(6-11,12(3)4)8-13-7-9/h5-8,11H2,1-4H3. The molecule has 1 aliphatic heterocycles. The molecule has 0 aliphatic carbocycles. The zero-order chi connectivity index (χ0) is 10.1. The second-order valence-electron chi connectivity index (χ2n) is 5.16. The fourth-order valence-corrected chi connectivity index (χ4v) is 3.73. The van der Waals surface area contributed by atoms with Gasteiger partial charge >= 0.3 is 0 Å². The molecule has 0 saturated carbocycles. The highest BCUT2D eigenvalue weighted by molar-refractivity contribution is 7.99. The number of thioether (sulfide) groups is 1. The van der Waals surface area contributed by atoms with Gasteiger partial charge in [0.1, 0.15) is 0 Å². The fourth-order valence-electron chi connectivity index (χ4n) is 2.11. The molecule has 1 unspecified atom stereocenters. The quantitative estimate of drug-likeness (QED) is 0.734. The molecule has 0 aromatic rings. The van der Waals surface area contributed by atoms with E-state index in [0.717, 1.165) is 6.54 Å². The molecule has 3 heteroatoms. The summed E-state index contributed by atoms with van der Waals surface area (Å²) < 4.78 is 0. The second-order valence-corrected chi connectivity index (χ2v) is 6.14. The van der Waals surface area contributed by atoms with Crippen molar-refractivity contribution in [3.63, 3.8) is 0 Å². The number of hydrogen-bond donors (Lipinski definition) is 1. The van der Waals surface area contributed by atoms with Gasteiger partial charge in [0.15, 0.2) is 0 Å². The van der Waals surface area contributed by atoms with Gasteiger partial charge in [-0.15, -0.1) is 0 Å². The minimum Gasteiger partial charge on any atom is -0.329 e. The molecule has 2 N–H and O–H groups in total. The Balaban J connectivity index is 2.76.